The smallest absolute Gasteiger partial charge is 0.269 e. The van der Waals surface area contributed by atoms with Crippen LogP contribution in [0, 0.1) is 10.1 Å². The molecule has 1 saturated heterocycles. The quantitative estimate of drug-likeness (QED) is 0.452. The first-order valence-corrected chi connectivity index (χ1v) is 10.2. The average Bonchev–Trinajstić information content (AvgIpc) is 3.15. The SMILES string of the molecule is CC(c1nnc(-c2ccc([N+](=O)[O-])cc2)o1)N1CCCN(Cc2ccccc2)CC1. The van der Waals surface area contributed by atoms with Crippen molar-refractivity contribution >= 4 is 5.69 Å². The molecule has 0 aliphatic carbocycles. The van der Waals surface area contributed by atoms with Gasteiger partial charge in [-0.2, -0.15) is 0 Å². The third-order valence-corrected chi connectivity index (χ3v) is 5.54. The second-order valence-electron chi connectivity index (χ2n) is 7.58. The Hall–Kier alpha value is -3.10. The van der Waals surface area contributed by atoms with Gasteiger partial charge in [0.25, 0.3) is 5.69 Å². The molecule has 4 rings (SSSR count). The first kappa shape index (κ1) is 20.2. The molecule has 8 nitrogen and oxygen atoms in total. The fourth-order valence-electron chi connectivity index (χ4n) is 3.78. The van der Waals surface area contributed by atoms with Gasteiger partial charge in [-0.25, -0.2) is 0 Å². The van der Waals surface area contributed by atoms with Crippen LogP contribution in [0.25, 0.3) is 11.5 Å². The predicted molar refractivity (Wildman–Crippen MR) is 113 cm³/mol. The second kappa shape index (κ2) is 9.15. The molecular weight excluding hydrogens is 382 g/mol. The maximum atomic E-state index is 10.8. The lowest BCUT2D eigenvalue weighted by Crippen LogP contribution is -2.32. The summed E-state index contributed by atoms with van der Waals surface area (Å²) in [6.45, 7) is 7.01. The molecule has 0 amide bonds. The van der Waals surface area contributed by atoms with Crippen molar-refractivity contribution in [3.8, 4) is 11.5 Å². The zero-order chi connectivity index (χ0) is 20.9. The van der Waals surface area contributed by atoms with Crippen LogP contribution in [0.5, 0.6) is 0 Å². The summed E-state index contributed by atoms with van der Waals surface area (Å²) in [7, 11) is 0. The van der Waals surface area contributed by atoms with Crippen molar-refractivity contribution in [2.75, 3.05) is 26.2 Å². The van der Waals surface area contributed by atoms with E-state index in [4.69, 9.17) is 4.42 Å². The van der Waals surface area contributed by atoms with Crippen LogP contribution in [-0.4, -0.2) is 51.1 Å². The minimum atomic E-state index is -0.425. The van der Waals surface area contributed by atoms with Crippen LogP contribution in [0.4, 0.5) is 5.69 Å². The summed E-state index contributed by atoms with van der Waals surface area (Å²) in [6, 6.07) is 16.7. The summed E-state index contributed by atoms with van der Waals surface area (Å²) < 4.78 is 5.90. The molecule has 0 radical (unpaired) electrons. The molecule has 1 unspecified atom stereocenters. The van der Waals surface area contributed by atoms with Crippen LogP contribution in [0.1, 0.15) is 30.8 Å². The van der Waals surface area contributed by atoms with E-state index in [0.717, 1.165) is 39.1 Å². The third kappa shape index (κ3) is 4.72. The van der Waals surface area contributed by atoms with Crippen molar-refractivity contribution in [2.45, 2.75) is 25.9 Å². The molecule has 0 N–H and O–H groups in total. The van der Waals surface area contributed by atoms with E-state index in [1.165, 1.54) is 17.7 Å². The van der Waals surface area contributed by atoms with Gasteiger partial charge >= 0.3 is 0 Å². The van der Waals surface area contributed by atoms with E-state index in [0.29, 0.717) is 17.3 Å². The van der Waals surface area contributed by atoms with Crippen molar-refractivity contribution in [1.29, 1.82) is 0 Å². The molecule has 1 atom stereocenters. The molecule has 0 spiro atoms. The van der Waals surface area contributed by atoms with Crippen LogP contribution in [0.2, 0.25) is 0 Å². The van der Waals surface area contributed by atoms with E-state index >= 15 is 0 Å². The summed E-state index contributed by atoms with van der Waals surface area (Å²) in [6.07, 6.45) is 1.08. The van der Waals surface area contributed by atoms with Crippen molar-refractivity contribution in [1.82, 2.24) is 20.0 Å². The van der Waals surface area contributed by atoms with Gasteiger partial charge in [-0.05, 0) is 37.6 Å². The molecule has 0 bridgehead atoms. The summed E-state index contributed by atoms with van der Waals surface area (Å²) in [5, 5.41) is 19.2. The number of non-ortho nitro benzene ring substituents is 1. The first-order valence-electron chi connectivity index (χ1n) is 10.2. The van der Waals surface area contributed by atoms with Gasteiger partial charge in [-0.15, -0.1) is 10.2 Å². The molecule has 1 aliphatic rings. The van der Waals surface area contributed by atoms with Gasteiger partial charge in [0.05, 0.1) is 11.0 Å². The van der Waals surface area contributed by atoms with Crippen LogP contribution in [-0.2, 0) is 6.54 Å². The Morgan fingerprint density at radius 3 is 2.53 bits per heavy atom. The summed E-state index contributed by atoms with van der Waals surface area (Å²) in [5.74, 6) is 0.951. The van der Waals surface area contributed by atoms with Gasteiger partial charge < -0.3 is 4.42 Å². The summed E-state index contributed by atoms with van der Waals surface area (Å²) >= 11 is 0. The van der Waals surface area contributed by atoms with Gasteiger partial charge in [0.1, 0.15) is 0 Å². The van der Waals surface area contributed by atoms with Gasteiger partial charge in [0.15, 0.2) is 0 Å². The second-order valence-corrected chi connectivity index (χ2v) is 7.58. The molecule has 1 aromatic heterocycles. The Morgan fingerprint density at radius 1 is 1.03 bits per heavy atom. The standard InChI is InChI=1S/C22H25N5O3/c1-17(21-23-24-22(30-21)19-8-10-20(11-9-19)27(28)29)26-13-5-12-25(14-15-26)16-18-6-3-2-4-7-18/h2-4,6-11,17H,5,12-16H2,1H3. The fraction of sp³-hybridized carbons (Fsp3) is 0.364. The highest BCUT2D eigenvalue weighted by atomic mass is 16.6. The molecule has 30 heavy (non-hydrogen) atoms. The zero-order valence-electron chi connectivity index (χ0n) is 17.0. The number of nitro groups is 1. The number of hydrogen-bond donors (Lipinski definition) is 0. The lowest BCUT2D eigenvalue weighted by atomic mass is 10.2. The molecule has 8 heteroatoms. The van der Waals surface area contributed by atoms with E-state index in [1.54, 1.807) is 12.1 Å². The number of hydrogen-bond acceptors (Lipinski definition) is 7. The largest absolute Gasteiger partial charge is 0.419 e. The minimum Gasteiger partial charge on any atom is -0.419 e. The Bertz CT molecular complexity index is 974. The Labute approximate surface area is 175 Å². The highest BCUT2D eigenvalue weighted by Gasteiger charge is 2.24. The molecular formula is C22H25N5O3. The number of benzene rings is 2. The van der Waals surface area contributed by atoms with E-state index < -0.39 is 4.92 Å². The van der Waals surface area contributed by atoms with Gasteiger partial charge in [0.2, 0.25) is 11.8 Å². The number of nitro benzene ring substituents is 1. The van der Waals surface area contributed by atoms with E-state index in [9.17, 15) is 10.1 Å². The molecule has 2 heterocycles. The third-order valence-electron chi connectivity index (χ3n) is 5.54. The van der Waals surface area contributed by atoms with Crippen LogP contribution in [0.3, 0.4) is 0 Å². The first-order chi connectivity index (χ1) is 14.6. The molecule has 3 aromatic rings. The van der Waals surface area contributed by atoms with Gasteiger partial charge in [-0.1, -0.05) is 30.3 Å². The highest BCUT2D eigenvalue weighted by Crippen LogP contribution is 2.26. The van der Waals surface area contributed by atoms with Crippen LogP contribution < -0.4 is 0 Å². The topological polar surface area (TPSA) is 88.5 Å². The maximum Gasteiger partial charge on any atom is 0.269 e. The van der Waals surface area contributed by atoms with Crippen molar-refractivity contribution in [2.24, 2.45) is 0 Å². The Balaban J connectivity index is 1.38. The maximum absolute atomic E-state index is 10.8. The van der Waals surface area contributed by atoms with Gasteiger partial charge in [0, 0.05) is 43.9 Å². The highest BCUT2D eigenvalue weighted by molar-refractivity contribution is 5.55. The lowest BCUT2D eigenvalue weighted by Gasteiger charge is -2.25. The van der Waals surface area contributed by atoms with E-state index in [2.05, 4.69) is 51.2 Å². The fourth-order valence-corrected chi connectivity index (χ4v) is 3.78. The molecule has 2 aromatic carbocycles. The number of nitrogens with zero attached hydrogens (tertiary/aromatic N) is 5. The van der Waals surface area contributed by atoms with Crippen molar-refractivity contribution < 1.29 is 9.34 Å². The summed E-state index contributed by atoms with van der Waals surface area (Å²) in [5.41, 5.74) is 2.05. The Morgan fingerprint density at radius 2 is 1.80 bits per heavy atom. The van der Waals surface area contributed by atoms with Gasteiger partial charge in [-0.3, -0.25) is 19.9 Å². The van der Waals surface area contributed by atoms with Crippen molar-refractivity contribution in [3.05, 3.63) is 76.2 Å². The number of rotatable bonds is 6. The lowest BCUT2D eigenvalue weighted by molar-refractivity contribution is -0.384. The number of aromatic nitrogens is 2. The minimum absolute atomic E-state index is 0.0148. The average molecular weight is 407 g/mol. The van der Waals surface area contributed by atoms with Crippen LogP contribution >= 0.6 is 0 Å². The zero-order valence-corrected chi connectivity index (χ0v) is 17.0. The molecule has 156 valence electrons. The normalized spacial score (nSPS) is 16.8. The molecule has 1 aliphatic heterocycles. The monoisotopic (exact) mass is 407 g/mol. The Kier molecular flexibility index (Phi) is 6.15. The van der Waals surface area contributed by atoms with Crippen LogP contribution in [0.15, 0.2) is 59.0 Å². The van der Waals surface area contributed by atoms with E-state index in [1.807, 2.05) is 6.07 Å². The van der Waals surface area contributed by atoms with Crippen molar-refractivity contribution in [3.63, 3.8) is 0 Å². The van der Waals surface area contributed by atoms with E-state index in [-0.39, 0.29) is 11.7 Å². The predicted octanol–water partition coefficient (Wildman–Crippen LogP) is 3.91. The molecule has 0 saturated carbocycles. The molecule has 1 fully saturated rings. The summed E-state index contributed by atoms with van der Waals surface area (Å²) in [4.78, 5) is 15.2.